The number of nitrogens with zero attached hydrogens (tertiary/aromatic N) is 3. The van der Waals surface area contributed by atoms with Crippen LogP contribution in [0.2, 0.25) is 0 Å². The van der Waals surface area contributed by atoms with E-state index in [0.29, 0.717) is 32.5 Å². The highest BCUT2D eigenvalue weighted by atomic mass is 16.2. The van der Waals surface area contributed by atoms with Crippen molar-refractivity contribution in [2.24, 2.45) is 5.41 Å². The van der Waals surface area contributed by atoms with Gasteiger partial charge in [0.2, 0.25) is 11.8 Å². The van der Waals surface area contributed by atoms with Crippen molar-refractivity contribution in [2.75, 3.05) is 33.2 Å². The second-order valence-electron chi connectivity index (χ2n) is 8.28. The zero-order chi connectivity index (χ0) is 20.3. The molecule has 2 aromatic carbocycles. The standard InChI is InChI=1S/C24H29N3O2/c1-25(18-20-8-4-2-5-9-20)22(28)24(12-13-24)23(29)27-16-14-26(15-17-27)19-21-10-6-3-7-11-21/h2-11H,12-19H2,1H3. The van der Waals surface area contributed by atoms with Gasteiger partial charge in [0.25, 0.3) is 0 Å². The predicted molar refractivity (Wildman–Crippen MR) is 113 cm³/mol. The Morgan fingerprint density at radius 1 is 0.862 bits per heavy atom. The second kappa shape index (κ2) is 8.37. The van der Waals surface area contributed by atoms with Crippen molar-refractivity contribution >= 4 is 11.8 Å². The SMILES string of the molecule is CN(Cc1ccccc1)C(=O)C1(C(=O)N2CCN(Cc3ccccc3)CC2)CC1. The van der Waals surface area contributed by atoms with Crippen LogP contribution in [-0.4, -0.2) is 59.7 Å². The number of carbonyl (C=O) groups excluding carboxylic acids is 2. The van der Waals surface area contributed by atoms with E-state index < -0.39 is 5.41 Å². The molecule has 1 saturated heterocycles. The fraction of sp³-hybridized carbons (Fsp3) is 0.417. The molecule has 2 aromatic rings. The zero-order valence-corrected chi connectivity index (χ0v) is 17.1. The van der Waals surface area contributed by atoms with Crippen LogP contribution in [-0.2, 0) is 22.7 Å². The number of benzene rings is 2. The maximum atomic E-state index is 13.2. The zero-order valence-electron chi connectivity index (χ0n) is 17.1. The van der Waals surface area contributed by atoms with Gasteiger partial charge in [-0.2, -0.15) is 0 Å². The summed E-state index contributed by atoms with van der Waals surface area (Å²) in [5.74, 6) is -0.000147. The maximum Gasteiger partial charge on any atom is 0.238 e. The average molecular weight is 392 g/mol. The quantitative estimate of drug-likeness (QED) is 0.712. The Hall–Kier alpha value is -2.66. The number of carbonyl (C=O) groups is 2. The summed E-state index contributed by atoms with van der Waals surface area (Å²) in [5, 5.41) is 0. The van der Waals surface area contributed by atoms with Crippen molar-refractivity contribution in [2.45, 2.75) is 25.9 Å². The lowest BCUT2D eigenvalue weighted by atomic mass is 10.0. The smallest absolute Gasteiger partial charge is 0.238 e. The minimum atomic E-state index is -0.814. The third-order valence-corrected chi connectivity index (χ3v) is 6.09. The minimum Gasteiger partial charge on any atom is -0.340 e. The molecule has 2 aliphatic rings. The molecule has 0 atom stereocenters. The van der Waals surface area contributed by atoms with E-state index in [1.807, 2.05) is 41.3 Å². The van der Waals surface area contributed by atoms with E-state index in [9.17, 15) is 9.59 Å². The third-order valence-electron chi connectivity index (χ3n) is 6.09. The third kappa shape index (κ3) is 4.35. The van der Waals surface area contributed by atoms with Gasteiger partial charge in [-0.05, 0) is 24.0 Å². The molecular formula is C24H29N3O2. The Labute approximate surface area is 172 Å². The van der Waals surface area contributed by atoms with E-state index in [0.717, 1.165) is 25.2 Å². The largest absolute Gasteiger partial charge is 0.340 e. The Morgan fingerprint density at radius 2 is 1.41 bits per heavy atom. The molecule has 1 heterocycles. The molecule has 152 valence electrons. The molecule has 4 rings (SSSR count). The first-order valence-electron chi connectivity index (χ1n) is 10.4. The molecule has 1 saturated carbocycles. The summed E-state index contributed by atoms with van der Waals surface area (Å²) in [7, 11) is 1.81. The van der Waals surface area contributed by atoms with Gasteiger partial charge < -0.3 is 9.80 Å². The van der Waals surface area contributed by atoms with Crippen LogP contribution in [0.4, 0.5) is 0 Å². The van der Waals surface area contributed by atoms with Gasteiger partial charge in [0.05, 0.1) is 0 Å². The van der Waals surface area contributed by atoms with E-state index in [1.54, 1.807) is 11.9 Å². The van der Waals surface area contributed by atoms with Crippen molar-refractivity contribution in [1.82, 2.24) is 14.7 Å². The molecule has 5 nitrogen and oxygen atoms in total. The van der Waals surface area contributed by atoms with Gasteiger partial charge in [0.15, 0.2) is 0 Å². The van der Waals surface area contributed by atoms with Crippen LogP contribution in [0, 0.1) is 5.41 Å². The molecule has 1 aliphatic carbocycles. The number of piperazine rings is 1. The number of amides is 2. The number of hydrogen-bond acceptors (Lipinski definition) is 3. The van der Waals surface area contributed by atoms with Gasteiger partial charge in [0, 0.05) is 46.3 Å². The van der Waals surface area contributed by atoms with Crippen LogP contribution in [0.3, 0.4) is 0 Å². The van der Waals surface area contributed by atoms with Gasteiger partial charge in [0.1, 0.15) is 5.41 Å². The van der Waals surface area contributed by atoms with E-state index in [-0.39, 0.29) is 11.8 Å². The fourth-order valence-electron chi connectivity index (χ4n) is 4.19. The van der Waals surface area contributed by atoms with Gasteiger partial charge in [-0.1, -0.05) is 60.7 Å². The van der Waals surface area contributed by atoms with Crippen LogP contribution in [0.1, 0.15) is 24.0 Å². The monoisotopic (exact) mass is 391 g/mol. The molecule has 2 fully saturated rings. The van der Waals surface area contributed by atoms with E-state index in [2.05, 4.69) is 29.2 Å². The molecule has 0 bridgehead atoms. The van der Waals surface area contributed by atoms with Gasteiger partial charge in [-0.25, -0.2) is 0 Å². The summed E-state index contributed by atoms with van der Waals surface area (Å²) in [6, 6.07) is 20.4. The Morgan fingerprint density at radius 3 is 1.97 bits per heavy atom. The number of rotatable bonds is 6. The van der Waals surface area contributed by atoms with Crippen LogP contribution < -0.4 is 0 Å². The second-order valence-corrected chi connectivity index (χ2v) is 8.28. The molecule has 2 amide bonds. The highest BCUT2D eigenvalue weighted by Gasteiger charge is 2.59. The first-order chi connectivity index (χ1) is 14.1. The first-order valence-corrected chi connectivity index (χ1v) is 10.4. The van der Waals surface area contributed by atoms with Gasteiger partial charge in [-0.15, -0.1) is 0 Å². The maximum absolute atomic E-state index is 13.2. The summed E-state index contributed by atoms with van der Waals surface area (Å²) in [6.45, 7) is 4.55. The summed E-state index contributed by atoms with van der Waals surface area (Å²) >= 11 is 0. The topological polar surface area (TPSA) is 43.9 Å². The highest BCUT2D eigenvalue weighted by Crippen LogP contribution is 2.49. The van der Waals surface area contributed by atoms with Crippen LogP contribution >= 0.6 is 0 Å². The van der Waals surface area contributed by atoms with Crippen molar-refractivity contribution in [3.05, 3.63) is 71.8 Å². The molecular weight excluding hydrogens is 362 g/mol. The van der Waals surface area contributed by atoms with Crippen molar-refractivity contribution in [3.63, 3.8) is 0 Å². The normalized spacial score (nSPS) is 18.3. The summed E-state index contributed by atoms with van der Waals surface area (Å²) < 4.78 is 0. The molecule has 0 N–H and O–H groups in total. The highest BCUT2D eigenvalue weighted by molar-refractivity contribution is 6.07. The fourth-order valence-corrected chi connectivity index (χ4v) is 4.19. The van der Waals surface area contributed by atoms with Crippen LogP contribution in [0.15, 0.2) is 60.7 Å². The Bertz CT molecular complexity index is 841. The van der Waals surface area contributed by atoms with Gasteiger partial charge >= 0.3 is 0 Å². The van der Waals surface area contributed by atoms with Crippen molar-refractivity contribution < 1.29 is 9.59 Å². The molecule has 0 unspecified atom stereocenters. The Kier molecular flexibility index (Phi) is 5.67. The lowest BCUT2D eigenvalue weighted by Crippen LogP contribution is -2.53. The minimum absolute atomic E-state index is 0.0294. The lowest BCUT2D eigenvalue weighted by Gasteiger charge is -2.37. The average Bonchev–Trinajstić information content (AvgIpc) is 3.57. The number of hydrogen-bond donors (Lipinski definition) is 0. The molecule has 29 heavy (non-hydrogen) atoms. The van der Waals surface area contributed by atoms with Gasteiger partial charge in [-0.3, -0.25) is 14.5 Å². The van der Waals surface area contributed by atoms with E-state index in [4.69, 9.17) is 0 Å². The van der Waals surface area contributed by atoms with E-state index >= 15 is 0 Å². The first kappa shape index (κ1) is 19.6. The van der Waals surface area contributed by atoms with Crippen molar-refractivity contribution in [1.29, 1.82) is 0 Å². The lowest BCUT2D eigenvalue weighted by molar-refractivity contribution is -0.150. The summed E-state index contributed by atoms with van der Waals surface area (Å²) in [4.78, 5) is 32.3. The van der Waals surface area contributed by atoms with Crippen LogP contribution in [0.25, 0.3) is 0 Å². The molecule has 1 aliphatic heterocycles. The molecule has 0 radical (unpaired) electrons. The predicted octanol–water partition coefficient (Wildman–Crippen LogP) is 2.77. The molecule has 0 aromatic heterocycles. The summed E-state index contributed by atoms with van der Waals surface area (Å²) in [6.07, 6.45) is 1.35. The molecule has 0 spiro atoms. The van der Waals surface area contributed by atoms with Crippen LogP contribution in [0.5, 0.6) is 0 Å². The summed E-state index contributed by atoms with van der Waals surface area (Å²) in [5.41, 5.74) is 1.57. The van der Waals surface area contributed by atoms with Crippen molar-refractivity contribution in [3.8, 4) is 0 Å². The molecule has 5 heteroatoms. The Balaban J connectivity index is 1.32. The van der Waals surface area contributed by atoms with E-state index in [1.165, 1.54) is 5.56 Å².